The molecule has 0 bridgehead atoms. The summed E-state index contributed by atoms with van der Waals surface area (Å²) in [5, 5.41) is 14.8. The van der Waals surface area contributed by atoms with E-state index in [1.54, 1.807) is 30.3 Å². The zero-order valence-corrected chi connectivity index (χ0v) is 23.7. The quantitative estimate of drug-likeness (QED) is 0.187. The van der Waals surface area contributed by atoms with Crippen molar-refractivity contribution in [3.63, 3.8) is 0 Å². The molecule has 0 saturated carbocycles. The van der Waals surface area contributed by atoms with E-state index in [0.717, 1.165) is 25.7 Å². The minimum absolute atomic E-state index is 0.0121. The van der Waals surface area contributed by atoms with E-state index >= 15 is 0 Å². The van der Waals surface area contributed by atoms with Gasteiger partial charge in [0.15, 0.2) is 0 Å². The summed E-state index contributed by atoms with van der Waals surface area (Å²) < 4.78 is 33.8. The van der Waals surface area contributed by atoms with Crippen LogP contribution in [0.4, 0.5) is 0 Å². The van der Waals surface area contributed by atoms with Crippen LogP contribution in [0.5, 0.6) is 0 Å². The van der Waals surface area contributed by atoms with E-state index in [9.17, 15) is 27.9 Å². The van der Waals surface area contributed by atoms with E-state index in [-0.39, 0.29) is 32.6 Å². The summed E-state index contributed by atoms with van der Waals surface area (Å²) in [7, 11) is -3.69. The minimum atomic E-state index is -3.69. The van der Waals surface area contributed by atoms with Crippen LogP contribution in [-0.2, 0) is 29.3 Å². The van der Waals surface area contributed by atoms with Crippen molar-refractivity contribution in [2.45, 2.75) is 70.8 Å². The summed E-state index contributed by atoms with van der Waals surface area (Å²) in [4.78, 5) is 37.7. The largest absolute Gasteiger partial charge is 0.481 e. The third-order valence-corrected chi connectivity index (χ3v) is 8.26. The maximum absolute atomic E-state index is 13.1. The lowest BCUT2D eigenvalue weighted by Gasteiger charge is -2.26. The molecular formula is C27H44N4O7S. The lowest BCUT2D eigenvalue weighted by Crippen LogP contribution is -2.49. The van der Waals surface area contributed by atoms with Gasteiger partial charge in [-0.05, 0) is 12.0 Å². The van der Waals surface area contributed by atoms with Gasteiger partial charge < -0.3 is 20.5 Å². The number of rotatable bonds is 19. The second kappa shape index (κ2) is 17.9. The minimum Gasteiger partial charge on any atom is -0.481 e. The molecule has 11 nitrogen and oxygen atoms in total. The summed E-state index contributed by atoms with van der Waals surface area (Å²) >= 11 is 0. The van der Waals surface area contributed by atoms with Gasteiger partial charge in [0.1, 0.15) is 6.04 Å². The monoisotopic (exact) mass is 568 g/mol. The lowest BCUT2D eigenvalue weighted by atomic mass is 9.95. The van der Waals surface area contributed by atoms with E-state index < -0.39 is 40.0 Å². The van der Waals surface area contributed by atoms with E-state index in [1.807, 2.05) is 0 Å². The Balaban J connectivity index is 1.94. The number of unbranched alkanes of at least 4 members (excludes halogenated alkanes) is 6. The van der Waals surface area contributed by atoms with Gasteiger partial charge in [-0.2, -0.15) is 12.7 Å². The number of benzene rings is 1. The number of hydrogen-bond acceptors (Lipinski definition) is 6. The molecule has 1 heterocycles. The lowest BCUT2D eigenvalue weighted by molar-refractivity contribution is -0.141. The number of hydrogen-bond donors (Lipinski definition) is 4. The normalized spacial score (nSPS) is 15.8. The average molecular weight is 569 g/mol. The van der Waals surface area contributed by atoms with Gasteiger partial charge in [0.25, 0.3) is 10.2 Å². The molecule has 2 amide bonds. The standard InChI is InChI=1S/C27H44N4O7S/c1-2-3-4-5-6-7-9-14-23(21-24(32)33)26(34)30-25(22-12-10-8-11-13-22)27(35)28-15-16-29-39(36,37)31-17-19-38-20-18-31/h8,10-13,23,25,29H,2-7,9,14-21H2,1H3,(H,28,35)(H,30,34)(H,32,33)/t23-,25-/m1/s1. The molecular weight excluding hydrogens is 524 g/mol. The molecule has 1 aromatic carbocycles. The third kappa shape index (κ3) is 12.5. The molecule has 1 aliphatic rings. The predicted molar refractivity (Wildman–Crippen MR) is 148 cm³/mol. The molecule has 2 rings (SSSR count). The van der Waals surface area contributed by atoms with Crippen LogP contribution in [0.3, 0.4) is 0 Å². The van der Waals surface area contributed by atoms with Crippen LogP contribution in [0.25, 0.3) is 0 Å². The molecule has 2 atom stereocenters. The number of ether oxygens (including phenoxy) is 1. The topological polar surface area (TPSA) is 154 Å². The molecule has 39 heavy (non-hydrogen) atoms. The Bertz CT molecular complexity index is 985. The van der Waals surface area contributed by atoms with Crippen LogP contribution < -0.4 is 15.4 Å². The zero-order chi connectivity index (χ0) is 28.5. The number of carboxylic acids is 1. The van der Waals surface area contributed by atoms with Crippen molar-refractivity contribution in [3.05, 3.63) is 35.9 Å². The van der Waals surface area contributed by atoms with Crippen LogP contribution in [-0.4, -0.2) is 75.0 Å². The molecule has 0 unspecified atom stereocenters. The van der Waals surface area contributed by atoms with Crippen molar-refractivity contribution < 1.29 is 32.6 Å². The number of nitrogens with one attached hydrogen (secondary N) is 3. The van der Waals surface area contributed by atoms with Crippen LogP contribution in [0.2, 0.25) is 0 Å². The van der Waals surface area contributed by atoms with Gasteiger partial charge in [0, 0.05) is 32.1 Å². The van der Waals surface area contributed by atoms with Gasteiger partial charge >= 0.3 is 5.97 Å². The summed E-state index contributed by atoms with van der Waals surface area (Å²) in [5.74, 6) is -2.81. The molecule has 0 aromatic heterocycles. The molecule has 220 valence electrons. The number of morpholine rings is 1. The number of amides is 2. The molecule has 1 fully saturated rings. The summed E-state index contributed by atoms with van der Waals surface area (Å²) in [6.45, 7) is 3.33. The summed E-state index contributed by atoms with van der Waals surface area (Å²) in [6, 6.07) is 7.63. The van der Waals surface area contributed by atoms with Gasteiger partial charge in [-0.25, -0.2) is 4.72 Å². The molecule has 1 aliphatic heterocycles. The molecule has 1 aromatic rings. The fourth-order valence-corrected chi connectivity index (χ4v) is 5.61. The maximum atomic E-state index is 13.1. The van der Waals surface area contributed by atoms with E-state index in [2.05, 4.69) is 22.3 Å². The number of aliphatic carboxylic acids is 1. The maximum Gasteiger partial charge on any atom is 0.304 e. The van der Waals surface area contributed by atoms with Crippen LogP contribution >= 0.6 is 0 Å². The first kappa shape index (κ1) is 32.7. The fraction of sp³-hybridized carbons (Fsp3) is 0.667. The van der Waals surface area contributed by atoms with Gasteiger partial charge in [-0.1, -0.05) is 82.2 Å². The van der Waals surface area contributed by atoms with Crippen molar-refractivity contribution in [2.75, 3.05) is 39.4 Å². The Morgan fingerprint density at radius 3 is 2.23 bits per heavy atom. The molecule has 0 spiro atoms. The van der Waals surface area contributed by atoms with Crippen molar-refractivity contribution in [1.29, 1.82) is 0 Å². The molecule has 0 radical (unpaired) electrons. The van der Waals surface area contributed by atoms with Crippen LogP contribution in [0.1, 0.15) is 76.3 Å². The third-order valence-electron chi connectivity index (χ3n) is 6.65. The first-order chi connectivity index (χ1) is 18.7. The van der Waals surface area contributed by atoms with Gasteiger partial charge in [-0.15, -0.1) is 0 Å². The van der Waals surface area contributed by atoms with Gasteiger partial charge in [-0.3, -0.25) is 14.4 Å². The van der Waals surface area contributed by atoms with E-state index in [1.165, 1.54) is 23.6 Å². The Labute approximate surface area is 232 Å². The smallest absolute Gasteiger partial charge is 0.304 e. The number of carbonyl (C=O) groups is 3. The second-order valence-electron chi connectivity index (χ2n) is 9.76. The molecule has 0 aliphatic carbocycles. The number of nitrogens with zero attached hydrogens (tertiary/aromatic N) is 1. The zero-order valence-electron chi connectivity index (χ0n) is 22.9. The highest BCUT2D eigenvalue weighted by Gasteiger charge is 2.28. The highest BCUT2D eigenvalue weighted by atomic mass is 32.2. The first-order valence-corrected chi connectivity index (χ1v) is 15.4. The van der Waals surface area contributed by atoms with Crippen LogP contribution in [0, 0.1) is 5.92 Å². The SMILES string of the molecule is CCCCCCCCC[C@H](CC(=O)O)C(=O)N[C@@H](C(=O)NCCNS(=O)(=O)N1CCOCC1)c1ccccc1. The van der Waals surface area contributed by atoms with Crippen molar-refractivity contribution in [2.24, 2.45) is 5.92 Å². The Kier molecular flexibility index (Phi) is 15.0. The van der Waals surface area contributed by atoms with Crippen LogP contribution in [0.15, 0.2) is 30.3 Å². The molecule has 1 saturated heterocycles. The van der Waals surface area contributed by atoms with Crippen molar-refractivity contribution in [3.8, 4) is 0 Å². The van der Waals surface area contributed by atoms with Crippen molar-refractivity contribution in [1.82, 2.24) is 19.7 Å². The Morgan fingerprint density at radius 2 is 1.59 bits per heavy atom. The van der Waals surface area contributed by atoms with Gasteiger partial charge in [0.05, 0.1) is 19.6 Å². The summed E-state index contributed by atoms with van der Waals surface area (Å²) in [6.07, 6.45) is 7.51. The number of carbonyl (C=O) groups excluding carboxylic acids is 2. The second-order valence-corrected chi connectivity index (χ2v) is 11.5. The number of carboxylic acid groups (broad SMARTS) is 1. The fourth-order valence-electron chi connectivity index (χ4n) is 4.44. The molecule has 4 N–H and O–H groups in total. The summed E-state index contributed by atoms with van der Waals surface area (Å²) in [5.41, 5.74) is 0.544. The Hall–Kier alpha value is -2.54. The van der Waals surface area contributed by atoms with E-state index in [4.69, 9.17) is 4.74 Å². The molecule has 12 heteroatoms. The highest BCUT2D eigenvalue weighted by Crippen LogP contribution is 2.19. The Morgan fingerprint density at radius 1 is 0.949 bits per heavy atom. The first-order valence-electron chi connectivity index (χ1n) is 13.9. The predicted octanol–water partition coefficient (Wildman–Crippen LogP) is 2.36. The highest BCUT2D eigenvalue weighted by molar-refractivity contribution is 7.87. The van der Waals surface area contributed by atoms with Crippen molar-refractivity contribution >= 4 is 28.0 Å². The van der Waals surface area contributed by atoms with Gasteiger partial charge in [0.2, 0.25) is 11.8 Å². The van der Waals surface area contributed by atoms with E-state index in [0.29, 0.717) is 25.2 Å². The average Bonchev–Trinajstić information content (AvgIpc) is 2.93.